The summed E-state index contributed by atoms with van der Waals surface area (Å²) in [5.74, 6) is -0.913. The molecule has 3 rings (SSSR count). The zero-order valence-corrected chi connectivity index (χ0v) is 14.1. The van der Waals surface area contributed by atoms with Crippen LogP contribution in [-0.4, -0.2) is 11.8 Å². The molecule has 4 heteroatoms. The van der Waals surface area contributed by atoms with Crippen molar-refractivity contribution in [3.05, 3.63) is 96.1 Å². The minimum Gasteiger partial charge on any atom is -0.366 e. The van der Waals surface area contributed by atoms with Crippen molar-refractivity contribution < 1.29 is 9.59 Å². The molecule has 0 aliphatic carbocycles. The summed E-state index contributed by atoms with van der Waals surface area (Å²) in [6, 6.07) is 24.6. The first-order valence-corrected chi connectivity index (χ1v) is 8.17. The molecule has 0 saturated heterocycles. The molecule has 3 N–H and O–H groups in total. The molecule has 0 heterocycles. The Morgan fingerprint density at radius 2 is 1.50 bits per heavy atom. The van der Waals surface area contributed by atoms with Gasteiger partial charge in [-0.1, -0.05) is 60.7 Å². The van der Waals surface area contributed by atoms with Gasteiger partial charge in [0.2, 0.25) is 5.91 Å². The Bertz CT molecular complexity index is 963. The topological polar surface area (TPSA) is 72.2 Å². The maximum Gasteiger partial charge on any atom is 0.250 e. The van der Waals surface area contributed by atoms with Gasteiger partial charge < -0.3 is 11.1 Å². The van der Waals surface area contributed by atoms with E-state index in [1.807, 2.05) is 54.6 Å². The van der Waals surface area contributed by atoms with Crippen LogP contribution in [0.5, 0.6) is 0 Å². The number of nitrogens with two attached hydrogens (primary N) is 1. The number of carbonyl (C=O) groups is 2. The summed E-state index contributed by atoms with van der Waals surface area (Å²) in [5, 5.41) is 2.68. The highest BCUT2D eigenvalue weighted by molar-refractivity contribution is 6.07. The van der Waals surface area contributed by atoms with E-state index >= 15 is 0 Å². The van der Waals surface area contributed by atoms with Gasteiger partial charge in [-0.15, -0.1) is 0 Å². The standard InChI is InChI=1S/C22H18N2O2/c23-22(26)19-11-4-5-12-20(19)24-21(25)14-13-16-7-6-10-18(15-16)17-8-2-1-3-9-17/h1-15H,(H2,23,26)(H,24,25)/b14-13+. The van der Waals surface area contributed by atoms with Gasteiger partial charge in [-0.3, -0.25) is 9.59 Å². The highest BCUT2D eigenvalue weighted by atomic mass is 16.2. The van der Waals surface area contributed by atoms with Crippen LogP contribution in [0.3, 0.4) is 0 Å². The molecule has 4 nitrogen and oxygen atoms in total. The first-order chi connectivity index (χ1) is 12.6. The van der Waals surface area contributed by atoms with Gasteiger partial charge in [0, 0.05) is 6.08 Å². The Hall–Kier alpha value is -3.66. The minimum absolute atomic E-state index is 0.278. The lowest BCUT2D eigenvalue weighted by Gasteiger charge is -2.06. The van der Waals surface area contributed by atoms with Gasteiger partial charge >= 0.3 is 0 Å². The Balaban J connectivity index is 1.74. The first kappa shape index (κ1) is 17.2. The van der Waals surface area contributed by atoms with Gasteiger partial charge in [0.05, 0.1) is 11.3 Å². The van der Waals surface area contributed by atoms with Gasteiger partial charge in [0.15, 0.2) is 0 Å². The molecule has 128 valence electrons. The predicted molar refractivity (Wildman–Crippen MR) is 105 cm³/mol. The normalized spacial score (nSPS) is 10.6. The third kappa shape index (κ3) is 4.24. The molecule has 0 saturated carbocycles. The number of hydrogen-bond donors (Lipinski definition) is 2. The number of para-hydroxylation sites is 1. The summed E-state index contributed by atoms with van der Waals surface area (Å²) >= 11 is 0. The predicted octanol–water partition coefficient (Wildman–Crippen LogP) is 4.10. The van der Waals surface area contributed by atoms with Gasteiger partial charge in [-0.2, -0.15) is 0 Å². The van der Waals surface area contributed by atoms with Crippen molar-refractivity contribution in [2.45, 2.75) is 0 Å². The zero-order valence-electron chi connectivity index (χ0n) is 14.1. The summed E-state index contributed by atoms with van der Waals surface area (Å²) in [5.41, 5.74) is 9.09. The number of rotatable bonds is 5. The molecule has 0 aromatic heterocycles. The van der Waals surface area contributed by atoms with Crippen LogP contribution in [0.1, 0.15) is 15.9 Å². The van der Waals surface area contributed by atoms with E-state index in [-0.39, 0.29) is 11.5 Å². The zero-order chi connectivity index (χ0) is 18.4. The molecule has 0 unspecified atom stereocenters. The third-order valence-electron chi connectivity index (χ3n) is 3.87. The quantitative estimate of drug-likeness (QED) is 0.685. The molecule has 3 aromatic carbocycles. The Labute approximate surface area is 152 Å². The Morgan fingerprint density at radius 3 is 2.27 bits per heavy atom. The number of amides is 2. The monoisotopic (exact) mass is 342 g/mol. The average molecular weight is 342 g/mol. The molecular weight excluding hydrogens is 324 g/mol. The summed E-state index contributed by atoms with van der Waals surface area (Å²) in [7, 11) is 0. The van der Waals surface area contributed by atoms with E-state index in [9.17, 15) is 9.59 Å². The SMILES string of the molecule is NC(=O)c1ccccc1NC(=O)/C=C/c1cccc(-c2ccccc2)c1. The lowest BCUT2D eigenvalue weighted by molar-refractivity contribution is -0.111. The molecule has 0 bridgehead atoms. The molecule has 2 amide bonds. The maximum absolute atomic E-state index is 12.2. The fraction of sp³-hybridized carbons (Fsp3) is 0. The van der Waals surface area contributed by atoms with E-state index in [0.29, 0.717) is 5.69 Å². The summed E-state index contributed by atoms with van der Waals surface area (Å²) in [6.45, 7) is 0. The third-order valence-corrected chi connectivity index (χ3v) is 3.87. The van der Waals surface area contributed by atoms with Crippen LogP contribution in [0, 0.1) is 0 Å². The van der Waals surface area contributed by atoms with E-state index in [4.69, 9.17) is 5.73 Å². The second kappa shape index (κ2) is 7.94. The number of nitrogens with one attached hydrogen (secondary N) is 1. The number of anilines is 1. The van der Waals surface area contributed by atoms with E-state index < -0.39 is 5.91 Å². The number of primary amides is 1. The molecular formula is C22H18N2O2. The Morgan fingerprint density at radius 1 is 0.808 bits per heavy atom. The molecule has 0 fully saturated rings. The summed E-state index contributed by atoms with van der Waals surface area (Å²) in [4.78, 5) is 23.6. The van der Waals surface area contributed by atoms with Gasteiger partial charge in [0.25, 0.3) is 5.91 Å². The van der Waals surface area contributed by atoms with Crippen LogP contribution in [0.15, 0.2) is 84.9 Å². The largest absolute Gasteiger partial charge is 0.366 e. The molecule has 0 aliphatic heterocycles. The lowest BCUT2D eigenvalue weighted by atomic mass is 10.0. The fourth-order valence-electron chi connectivity index (χ4n) is 2.61. The fourth-order valence-corrected chi connectivity index (χ4v) is 2.61. The highest BCUT2D eigenvalue weighted by Gasteiger charge is 2.08. The van der Waals surface area contributed by atoms with Crippen molar-refractivity contribution >= 4 is 23.6 Å². The van der Waals surface area contributed by atoms with Crippen molar-refractivity contribution in [3.8, 4) is 11.1 Å². The first-order valence-electron chi connectivity index (χ1n) is 8.17. The van der Waals surface area contributed by atoms with Gasteiger partial charge in [-0.05, 0) is 41.0 Å². The highest BCUT2D eigenvalue weighted by Crippen LogP contribution is 2.20. The lowest BCUT2D eigenvalue weighted by Crippen LogP contribution is -2.16. The van der Waals surface area contributed by atoms with E-state index in [1.165, 1.54) is 6.08 Å². The van der Waals surface area contributed by atoms with Crippen LogP contribution < -0.4 is 11.1 Å². The van der Waals surface area contributed by atoms with Crippen LogP contribution in [0.25, 0.3) is 17.2 Å². The van der Waals surface area contributed by atoms with E-state index in [2.05, 4.69) is 5.32 Å². The van der Waals surface area contributed by atoms with Crippen molar-refractivity contribution in [3.63, 3.8) is 0 Å². The van der Waals surface area contributed by atoms with E-state index in [1.54, 1.807) is 30.3 Å². The van der Waals surface area contributed by atoms with E-state index in [0.717, 1.165) is 16.7 Å². The number of hydrogen-bond acceptors (Lipinski definition) is 2. The molecule has 0 radical (unpaired) electrons. The summed E-state index contributed by atoms with van der Waals surface area (Å²) < 4.78 is 0. The molecule has 3 aromatic rings. The van der Waals surface area contributed by atoms with Crippen LogP contribution in [0.2, 0.25) is 0 Å². The molecule has 0 aliphatic rings. The Kier molecular flexibility index (Phi) is 5.25. The van der Waals surface area contributed by atoms with Gasteiger partial charge in [0.1, 0.15) is 0 Å². The van der Waals surface area contributed by atoms with Crippen molar-refractivity contribution in [2.24, 2.45) is 5.73 Å². The van der Waals surface area contributed by atoms with Crippen LogP contribution in [0.4, 0.5) is 5.69 Å². The molecule has 0 spiro atoms. The average Bonchev–Trinajstić information content (AvgIpc) is 2.67. The van der Waals surface area contributed by atoms with Gasteiger partial charge in [-0.25, -0.2) is 0 Å². The molecule has 26 heavy (non-hydrogen) atoms. The van der Waals surface area contributed by atoms with Crippen molar-refractivity contribution in [1.82, 2.24) is 0 Å². The van der Waals surface area contributed by atoms with Crippen molar-refractivity contribution in [1.29, 1.82) is 0 Å². The summed E-state index contributed by atoms with van der Waals surface area (Å²) in [6.07, 6.45) is 3.16. The minimum atomic E-state index is -0.583. The van der Waals surface area contributed by atoms with Crippen LogP contribution in [-0.2, 0) is 4.79 Å². The van der Waals surface area contributed by atoms with Crippen LogP contribution >= 0.6 is 0 Å². The number of carbonyl (C=O) groups excluding carboxylic acids is 2. The number of benzene rings is 3. The second-order valence-electron chi connectivity index (χ2n) is 5.72. The van der Waals surface area contributed by atoms with Crippen molar-refractivity contribution in [2.75, 3.05) is 5.32 Å². The smallest absolute Gasteiger partial charge is 0.250 e. The maximum atomic E-state index is 12.2. The molecule has 0 atom stereocenters. The second-order valence-corrected chi connectivity index (χ2v) is 5.72.